The van der Waals surface area contributed by atoms with Crippen LogP contribution in [0, 0.1) is 0 Å². The van der Waals surface area contributed by atoms with Crippen molar-refractivity contribution in [3.05, 3.63) is 28.3 Å². The number of esters is 1. The van der Waals surface area contributed by atoms with E-state index in [1.807, 2.05) is 0 Å². The zero-order valence-electron chi connectivity index (χ0n) is 9.58. The fourth-order valence-electron chi connectivity index (χ4n) is 1.79. The molecule has 1 aromatic rings. The van der Waals surface area contributed by atoms with Gasteiger partial charge in [0.2, 0.25) is 5.91 Å². The van der Waals surface area contributed by atoms with Gasteiger partial charge in [-0.2, -0.15) is 0 Å². The Morgan fingerprint density at radius 2 is 2.17 bits per heavy atom. The molecule has 1 aliphatic heterocycles. The molecule has 0 radical (unpaired) electrons. The van der Waals surface area contributed by atoms with Crippen LogP contribution in [0.15, 0.2) is 12.1 Å². The van der Waals surface area contributed by atoms with Crippen LogP contribution in [0.25, 0.3) is 0 Å². The van der Waals surface area contributed by atoms with Crippen LogP contribution in [0.5, 0.6) is 0 Å². The van der Waals surface area contributed by atoms with Crippen molar-refractivity contribution in [3.63, 3.8) is 0 Å². The van der Waals surface area contributed by atoms with Gasteiger partial charge in [-0.05, 0) is 24.6 Å². The fourth-order valence-corrected chi connectivity index (χ4v) is 2.03. The molecule has 94 valence electrons. The molecule has 0 atom stereocenters. The summed E-state index contributed by atoms with van der Waals surface area (Å²) in [7, 11) is 0. The molecule has 0 saturated carbocycles. The van der Waals surface area contributed by atoms with Crippen molar-refractivity contribution in [2.24, 2.45) is 0 Å². The van der Waals surface area contributed by atoms with E-state index < -0.39 is 11.8 Å². The van der Waals surface area contributed by atoms with Crippen LogP contribution < -0.4 is 5.32 Å². The monoisotopic (exact) mass is 267 g/mol. The second-order valence-electron chi connectivity index (χ2n) is 3.76. The van der Waals surface area contributed by atoms with Gasteiger partial charge in [-0.15, -0.1) is 0 Å². The number of hydrogen-bond acceptors (Lipinski definition) is 4. The number of carbonyl (C=O) groups excluding carboxylic acids is 3. The Balaban J connectivity index is 2.43. The maximum Gasteiger partial charge on any atom is 0.379 e. The molecule has 0 saturated heterocycles. The van der Waals surface area contributed by atoms with Crippen molar-refractivity contribution in [2.45, 2.75) is 13.3 Å². The van der Waals surface area contributed by atoms with Gasteiger partial charge in [-0.3, -0.25) is 9.59 Å². The molecule has 18 heavy (non-hydrogen) atoms. The van der Waals surface area contributed by atoms with Crippen molar-refractivity contribution < 1.29 is 19.1 Å². The van der Waals surface area contributed by atoms with E-state index in [0.29, 0.717) is 16.3 Å². The van der Waals surface area contributed by atoms with Gasteiger partial charge in [-0.1, -0.05) is 11.6 Å². The zero-order chi connectivity index (χ0) is 13.3. The molecule has 0 aliphatic carbocycles. The van der Waals surface area contributed by atoms with Gasteiger partial charge >= 0.3 is 5.97 Å². The van der Waals surface area contributed by atoms with Crippen LogP contribution in [-0.4, -0.2) is 24.3 Å². The molecule has 0 fully saturated rings. The average molecular weight is 268 g/mol. The van der Waals surface area contributed by atoms with Crippen molar-refractivity contribution in [2.75, 3.05) is 11.9 Å². The minimum absolute atomic E-state index is 0.0711. The fraction of sp³-hybridized carbons (Fsp3) is 0.250. The maximum absolute atomic E-state index is 11.9. The van der Waals surface area contributed by atoms with Gasteiger partial charge in [0, 0.05) is 5.02 Å². The molecule has 1 N–H and O–H groups in total. The molecule has 0 aromatic heterocycles. The van der Waals surface area contributed by atoms with Gasteiger partial charge in [0.15, 0.2) is 0 Å². The van der Waals surface area contributed by atoms with Crippen LogP contribution in [0.3, 0.4) is 0 Å². The molecular formula is C12H10ClNO4. The normalized spacial score (nSPS) is 12.9. The number of nitrogens with one attached hydrogen (secondary N) is 1. The second-order valence-corrected chi connectivity index (χ2v) is 4.20. The van der Waals surface area contributed by atoms with Crippen LogP contribution >= 0.6 is 11.6 Å². The number of halogens is 1. The number of carbonyl (C=O) groups is 3. The Bertz CT molecular complexity index is 553. The molecule has 0 unspecified atom stereocenters. The lowest BCUT2D eigenvalue weighted by atomic mass is 10.0. The van der Waals surface area contributed by atoms with Crippen LogP contribution in [0.2, 0.25) is 5.02 Å². The lowest BCUT2D eigenvalue weighted by molar-refractivity contribution is -0.137. The molecule has 6 heteroatoms. The third kappa shape index (κ3) is 2.22. The number of rotatable bonds is 3. The Kier molecular flexibility index (Phi) is 3.34. The minimum atomic E-state index is -0.955. The van der Waals surface area contributed by atoms with E-state index in [0.717, 1.165) is 0 Å². The topological polar surface area (TPSA) is 72.5 Å². The Morgan fingerprint density at radius 1 is 1.44 bits per heavy atom. The first-order valence-corrected chi connectivity index (χ1v) is 5.74. The Hall–Kier alpha value is -1.88. The van der Waals surface area contributed by atoms with Crippen LogP contribution in [-0.2, 0) is 20.7 Å². The van der Waals surface area contributed by atoms with E-state index in [4.69, 9.17) is 11.6 Å². The van der Waals surface area contributed by atoms with Gasteiger partial charge in [0.1, 0.15) is 0 Å². The van der Waals surface area contributed by atoms with Gasteiger partial charge in [-0.25, -0.2) is 4.79 Å². The summed E-state index contributed by atoms with van der Waals surface area (Å²) in [6, 6.07) is 2.95. The summed E-state index contributed by atoms with van der Waals surface area (Å²) in [6.45, 7) is 1.72. The highest BCUT2D eigenvalue weighted by molar-refractivity contribution is 6.43. The number of benzene rings is 1. The quantitative estimate of drug-likeness (QED) is 0.513. The molecule has 1 amide bonds. The second kappa shape index (κ2) is 4.78. The molecule has 0 spiro atoms. The van der Waals surface area contributed by atoms with Crippen LogP contribution in [0.1, 0.15) is 22.8 Å². The summed E-state index contributed by atoms with van der Waals surface area (Å²) in [4.78, 5) is 34.6. The largest absolute Gasteiger partial charge is 0.460 e. The third-order valence-electron chi connectivity index (χ3n) is 2.51. The standard InChI is InChI=1S/C12H10ClNO4/c1-2-18-12(17)11(16)8-5-7(13)3-6-4-9(15)14-10(6)8/h3,5H,2,4H2,1H3,(H,14,15). The Labute approximate surface area is 108 Å². The van der Waals surface area contributed by atoms with E-state index in [-0.39, 0.29) is 24.5 Å². The SMILES string of the molecule is CCOC(=O)C(=O)c1cc(Cl)cc2c1NC(=O)C2. The highest BCUT2D eigenvalue weighted by atomic mass is 35.5. The maximum atomic E-state index is 11.9. The van der Waals surface area contributed by atoms with Gasteiger partial charge in [0.25, 0.3) is 5.78 Å². The lowest BCUT2D eigenvalue weighted by Crippen LogP contribution is -2.19. The summed E-state index contributed by atoms with van der Waals surface area (Å²) >= 11 is 5.86. The summed E-state index contributed by atoms with van der Waals surface area (Å²) in [5.74, 6) is -1.99. The van der Waals surface area contributed by atoms with Crippen molar-refractivity contribution in [1.82, 2.24) is 0 Å². The van der Waals surface area contributed by atoms with Crippen molar-refractivity contribution in [3.8, 4) is 0 Å². The number of anilines is 1. The average Bonchev–Trinajstić information content (AvgIpc) is 2.67. The lowest BCUT2D eigenvalue weighted by Gasteiger charge is -2.07. The zero-order valence-corrected chi connectivity index (χ0v) is 10.3. The molecule has 2 rings (SSSR count). The van der Waals surface area contributed by atoms with Crippen molar-refractivity contribution >= 4 is 34.9 Å². The number of fused-ring (bicyclic) bond motifs is 1. The first kappa shape index (κ1) is 12.6. The molecule has 1 heterocycles. The number of amides is 1. The van der Waals surface area contributed by atoms with Gasteiger partial charge < -0.3 is 10.1 Å². The number of Topliss-reactive ketones (excluding diaryl/α,β-unsaturated/α-hetero) is 1. The molecule has 1 aromatic carbocycles. The number of ketones is 1. The summed E-state index contributed by atoms with van der Waals surface area (Å²) < 4.78 is 4.64. The number of ether oxygens (including phenoxy) is 1. The molecule has 5 nitrogen and oxygen atoms in total. The molecule has 0 bridgehead atoms. The highest BCUT2D eigenvalue weighted by Gasteiger charge is 2.28. The predicted octanol–water partition coefficient (Wildman–Crippen LogP) is 1.58. The van der Waals surface area contributed by atoms with Crippen molar-refractivity contribution in [1.29, 1.82) is 0 Å². The van der Waals surface area contributed by atoms with E-state index in [2.05, 4.69) is 10.1 Å². The van der Waals surface area contributed by atoms with Crippen LogP contribution in [0.4, 0.5) is 5.69 Å². The minimum Gasteiger partial charge on any atom is -0.460 e. The molecular weight excluding hydrogens is 258 g/mol. The van der Waals surface area contributed by atoms with E-state index >= 15 is 0 Å². The predicted molar refractivity (Wildman–Crippen MR) is 64.7 cm³/mol. The first-order chi connectivity index (χ1) is 8.52. The van der Waals surface area contributed by atoms with E-state index in [1.54, 1.807) is 13.0 Å². The smallest absolute Gasteiger partial charge is 0.379 e. The summed E-state index contributed by atoms with van der Waals surface area (Å²) in [5.41, 5.74) is 1.03. The van der Waals surface area contributed by atoms with E-state index in [9.17, 15) is 14.4 Å². The summed E-state index contributed by atoms with van der Waals surface area (Å²) in [5, 5.41) is 2.85. The number of hydrogen-bond donors (Lipinski definition) is 1. The van der Waals surface area contributed by atoms with Gasteiger partial charge in [0.05, 0.1) is 24.3 Å². The third-order valence-corrected chi connectivity index (χ3v) is 2.72. The molecule has 1 aliphatic rings. The Morgan fingerprint density at radius 3 is 2.83 bits per heavy atom. The summed E-state index contributed by atoms with van der Waals surface area (Å²) in [6.07, 6.45) is 0.152. The first-order valence-electron chi connectivity index (χ1n) is 5.36. The van der Waals surface area contributed by atoms with E-state index in [1.165, 1.54) is 6.07 Å². The highest BCUT2D eigenvalue weighted by Crippen LogP contribution is 2.31.